The third kappa shape index (κ3) is 4.18. The summed E-state index contributed by atoms with van der Waals surface area (Å²) < 4.78 is 6.14. The van der Waals surface area contributed by atoms with Crippen molar-refractivity contribution in [2.24, 2.45) is 0 Å². The molecule has 0 fully saturated rings. The Hall–Kier alpha value is -1.66. The topological polar surface area (TPSA) is 44.8 Å². The molecule has 120 valence electrons. The molecule has 1 aliphatic rings. The largest absolute Gasteiger partial charge is 0.488 e. The molecule has 1 unspecified atom stereocenters. The van der Waals surface area contributed by atoms with Gasteiger partial charge in [-0.25, -0.2) is 0 Å². The number of carbonyl (C=O) groups excluding carboxylic acids is 1. The SMILES string of the molecule is CC(=O)Nc1ccc2c(c1)C(=S)N(C)CC(CCN(C)C)O2. The second-order valence-corrected chi connectivity index (χ2v) is 6.30. The lowest BCUT2D eigenvalue weighted by molar-refractivity contribution is -0.114. The molecule has 1 aromatic carbocycles. The summed E-state index contributed by atoms with van der Waals surface area (Å²) in [7, 11) is 6.09. The number of carbonyl (C=O) groups is 1. The van der Waals surface area contributed by atoms with Gasteiger partial charge < -0.3 is 19.9 Å². The number of thiocarbonyl (C=S) groups is 1. The van der Waals surface area contributed by atoms with Gasteiger partial charge in [0.15, 0.2) is 0 Å². The Balaban J connectivity index is 2.24. The monoisotopic (exact) mass is 321 g/mol. The molecule has 0 aromatic heterocycles. The number of hydrogen-bond donors (Lipinski definition) is 1. The minimum atomic E-state index is -0.0994. The summed E-state index contributed by atoms with van der Waals surface area (Å²) in [6, 6.07) is 5.61. The van der Waals surface area contributed by atoms with Gasteiger partial charge in [-0.15, -0.1) is 0 Å². The van der Waals surface area contributed by atoms with E-state index in [1.807, 2.05) is 30.1 Å². The maximum atomic E-state index is 11.2. The summed E-state index contributed by atoms with van der Waals surface area (Å²) >= 11 is 5.55. The van der Waals surface area contributed by atoms with Crippen LogP contribution in [0.2, 0.25) is 0 Å². The molecule has 0 bridgehead atoms. The van der Waals surface area contributed by atoms with Crippen molar-refractivity contribution in [3.05, 3.63) is 23.8 Å². The zero-order chi connectivity index (χ0) is 16.3. The summed E-state index contributed by atoms with van der Waals surface area (Å²) in [5.41, 5.74) is 1.59. The first kappa shape index (κ1) is 16.7. The average molecular weight is 321 g/mol. The molecular formula is C16H23N3O2S. The molecule has 0 spiro atoms. The van der Waals surface area contributed by atoms with Crippen LogP contribution in [0.5, 0.6) is 5.75 Å². The summed E-state index contributed by atoms with van der Waals surface area (Å²) in [6.45, 7) is 3.21. The summed E-state index contributed by atoms with van der Waals surface area (Å²) in [5.74, 6) is 0.685. The van der Waals surface area contributed by atoms with E-state index in [4.69, 9.17) is 17.0 Å². The Labute approximate surface area is 137 Å². The van der Waals surface area contributed by atoms with Crippen LogP contribution in [0.25, 0.3) is 0 Å². The van der Waals surface area contributed by atoms with Crippen LogP contribution in [0, 0.1) is 0 Å². The van der Waals surface area contributed by atoms with Crippen LogP contribution in [-0.4, -0.2) is 61.0 Å². The van der Waals surface area contributed by atoms with Gasteiger partial charge in [-0.2, -0.15) is 0 Å². The Morgan fingerprint density at radius 2 is 2.23 bits per heavy atom. The highest BCUT2D eigenvalue weighted by atomic mass is 32.1. The van der Waals surface area contributed by atoms with Crippen molar-refractivity contribution in [1.29, 1.82) is 0 Å². The first-order valence-corrected chi connectivity index (χ1v) is 7.76. The molecule has 1 amide bonds. The van der Waals surface area contributed by atoms with Crippen molar-refractivity contribution >= 4 is 28.8 Å². The van der Waals surface area contributed by atoms with Crippen molar-refractivity contribution in [1.82, 2.24) is 9.80 Å². The number of fused-ring (bicyclic) bond motifs is 1. The molecule has 5 nitrogen and oxygen atoms in total. The predicted molar refractivity (Wildman–Crippen MR) is 92.7 cm³/mol. The van der Waals surface area contributed by atoms with E-state index in [2.05, 4.69) is 24.3 Å². The van der Waals surface area contributed by atoms with E-state index < -0.39 is 0 Å². The maximum Gasteiger partial charge on any atom is 0.221 e. The van der Waals surface area contributed by atoms with E-state index in [9.17, 15) is 4.79 Å². The number of nitrogens with zero attached hydrogens (tertiary/aromatic N) is 2. The van der Waals surface area contributed by atoms with Crippen LogP contribution < -0.4 is 10.1 Å². The van der Waals surface area contributed by atoms with E-state index in [1.54, 1.807) is 0 Å². The van der Waals surface area contributed by atoms with E-state index in [-0.39, 0.29) is 12.0 Å². The Kier molecular flexibility index (Phi) is 5.37. The lowest BCUT2D eigenvalue weighted by atomic mass is 10.1. The van der Waals surface area contributed by atoms with Gasteiger partial charge in [0.05, 0.1) is 12.1 Å². The number of benzene rings is 1. The Bertz CT molecular complexity index is 575. The van der Waals surface area contributed by atoms with Crippen LogP contribution in [0.4, 0.5) is 5.69 Å². The number of rotatable bonds is 4. The molecule has 1 atom stereocenters. The molecule has 0 radical (unpaired) electrons. The first-order chi connectivity index (χ1) is 10.4. The summed E-state index contributed by atoms with van der Waals surface area (Å²) in [4.78, 5) is 16.1. The predicted octanol–water partition coefficient (Wildman–Crippen LogP) is 1.96. The van der Waals surface area contributed by atoms with Crippen LogP contribution in [-0.2, 0) is 4.79 Å². The molecule has 0 saturated carbocycles. The standard InChI is InChI=1S/C16H23N3O2S/c1-11(20)17-12-5-6-15-14(9-12)16(22)19(4)10-13(21-15)7-8-18(2)3/h5-6,9,13H,7-8,10H2,1-4H3,(H,17,20). The van der Waals surface area contributed by atoms with Crippen molar-refractivity contribution in [3.8, 4) is 5.75 Å². The normalized spacial score (nSPS) is 17.8. The van der Waals surface area contributed by atoms with Gasteiger partial charge in [0.2, 0.25) is 5.91 Å². The molecule has 6 heteroatoms. The van der Waals surface area contributed by atoms with Crippen molar-refractivity contribution in [2.45, 2.75) is 19.4 Å². The number of hydrogen-bond acceptors (Lipinski definition) is 4. The molecule has 22 heavy (non-hydrogen) atoms. The number of likely N-dealkylation sites (N-methyl/N-ethyl adjacent to an activating group) is 1. The fourth-order valence-electron chi connectivity index (χ4n) is 2.44. The second-order valence-electron chi connectivity index (χ2n) is 5.91. The molecule has 1 aliphatic heterocycles. The molecular weight excluding hydrogens is 298 g/mol. The smallest absolute Gasteiger partial charge is 0.221 e. The van der Waals surface area contributed by atoms with Crippen LogP contribution >= 0.6 is 12.2 Å². The molecule has 2 rings (SSSR count). The van der Waals surface area contributed by atoms with E-state index in [1.165, 1.54) is 6.92 Å². The first-order valence-electron chi connectivity index (χ1n) is 7.35. The lowest BCUT2D eigenvalue weighted by Gasteiger charge is -2.22. The average Bonchev–Trinajstić information content (AvgIpc) is 2.55. The third-order valence-corrected chi connectivity index (χ3v) is 4.08. The number of anilines is 1. The van der Waals surface area contributed by atoms with Crippen LogP contribution in [0.15, 0.2) is 18.2 Å². The molecule has 1 heterocycles. The Morgan fingerprint density at radius 3 is 2.86 bits per heavy atom. The van der Waals surface area contributed by atoms with Crippen LogP contribution in [0.1, 0.15) is 18.9 Å². The zero-order valence-electron chi connectivity index (χ0n) is 13.5. The number of amides is 1. The molecule has 1 aromatic rings. The van der Waals surface area contributed by atoms with Crippen LogP contribution in [0.3, 0.4) is 0 Å². The number of nitrogens with one attached hydrogen (secondary N) is 1. The quantitative estimate of drug-likeness (QED) is 0.859. The maximum absolute atomic E-state index is 11.2. The van der Waals surface area contributed by atoms with Gasteiger partial charge in [0.1, 0.15) is 16.8 Å². The molecule has 1 N–H and O–H groups in total. The molecule has 0 saturated heterocycles. The zero-order valence-corrected chi connectivity index (χ0v) is 14.4. The van der Waals surface area contributed by atoms with E-state index in [0.717, 1.165) is 41.5 Å². The van der Waals surface area contributed by atoms with Gasteiger partial charge >= 0.3 is 0 Å². The lowest BCUT2D eigenvalue weighted by Crippen LogP contribution is -2.35. The van der Waals surface area contributed by atoms with Gasteiger partial charge in [0, 0.05) is 26.2 Å². The minimum Gasteiger partial charge on any atom is -0.488 e. The minimum absolute atomic E-state index is 0.0956. The third-order valence-electron chi connectivity index (χ3n) is 3.55. The van der Waals surface area contributed by atoms with Gasteiger partial charge in [-0.05, 0) is 38.7 Å². The van der Waals surface area contributed by atoms with Gasteiger partial charge in [0.25, 0.3) is 0 Å². The highest BCUT2D eigenvalue weighted by Gasteiger charge is 2.24. The fraction of sp³-hybridized carbons (Fsp3) is 0.500. The van der Waals surface area contributed by atoms with Crippen molar-refractivity contribution in [2.75, 3.05) is 39.5 Å². The Morgan fingerprint density at radius 1 is 1.50 bits per heavy atom. The second kappa shape index (κ2) is 7.07. The molecule has 0 aliphatic carbocycles. The van der Waals surface area contributed by atoms with Gasteiger partial charge in [-0.3, -0.25) is 4.79 Å². The van der Waals surface area contributed by atoms with E-state index in [0.29, 0.717) is 0 Å². The summed E-state index contributed by atoms with van der Waals surface area (Å²) in [5, 5.41) is 2.78. The van der Waals surface area contributed by atoms with E-state index >= 15 is 0 Å². The van der Waals surface area contributed by atoms with Gasteiger partial charge in [-0.1, -0.05) is 12.2 Å². The summed E-state index contributed by atoms with van der Waals surface area (Å²) in [6.07, 6.45) is 1.03. The highest BCUT2D eigenvalue weighted by Crippen LogP contribution is 2.29. The van der Waals surface area contributed by atoms with Crippen molar-refractivity contribution in [3.63, 3.8) is 0 Å². The highest BCUT2D eigenvalue weighted by molar-refractivity contribution is 7.80. The van der Waals surface area contributed by atoms with Crippen molar-refractivity contribution < 1.29 is 9.53 Å². The number of ether oxygens (including phenoxy) is 1. The fourth-order valence-corrected chi connectivity index (χ4v) is 2.68.